The van der Waals surface area contributed by atoms with Crippen LogP contribution < -0.4 is 5.32 Å². The lowest BCUT2D eigenvalue weighted by atomic mass is 10.2. The highest BCUT2D eigenvalue weighted by Crippen LogP contribution is 2.26. The summed E-state index contributed by atoms with van der Waals surface area (Å²) in [6, 6.07) is 12.5. The van der Waals surface area contributed by atoms with E-state index in [0.29, 0.717) is 10.9 Å². The number of amides is 1. The molecular formula is C15H8ClN3O2S. The summed E-state index contributed by atoms with van der Waals surface area (Å²) in [5, 5.41) is 12.3. The molecule has 3 aromatic rings. The van der Waals surface area contributed by atoms with Gasteiger partial charge in [0, 0.05) is 6.08 Å². The van der Waals surface area contributed by atoms with E-state index in [9.17, 15) is 4.79 Å². The highest BCUT2D eigenvalue weighted by atomic mass is 35.5. The number of hydrogen-bond acceptors (Lipinski definition) is 5. The third-order valence-electron chi connectivity index (χ3n) is 2.76. The average molecular weight is 330 g/mol. The van der Waals surface area contributed by atoms with Gasteiger partial charge in [-0.15, -0.1) is 0 Å². The minimum atomic E-state index is -0.547. The molecule has 2 aromatic heterocycles. The standard InChI is InChI=1S/C15H8ClN3O2S/c16-13-6-5-10(21-13)7-9(8-17)14(20)19-15-18-11-3-1-2-4-12(11)22-15/h1-7H,(H,18,19,20). The van der Waals surface area contributed by atoms with E-state index < -0.39 is 5.91 Å². The smallest absolute Gasteiger partial charge is 0.268 e. The fraction of sp³-hybridized carbons (Fsp3) is 0. The molecule has 1 N–H and O–H groups in total. The molecule has 1 aromatic carbocycles. The number of nitriles is 1. The Kier molecular flexibility index (Phi) is 3.92. The predicted octanol–water partition coefficient (Wildman–Crippen LogP) is 4.09. The summed E-state index contributed by atoms with van der Waals surface area (Å²) in [5.74, 6) is -0.213. The predicted molar refractivity (Wildman–Crippen MR) is 85.6 cm³/mol. The lowest BCUT2D eigenvalue weighted by Crippen LogP contribution is -2.13. The molecule has 0 atom stereocenters. The lowest BCUT2D eigenvalue weighted by molar-refractivity contribution is -0.112. The van der Waals surface area contributed by atoms with Crippen LogP contribution in [-0.2, 0) is 4.79 Å². The molecule has 0 radical (unpaired) electrons. The summed E-state index contributed by atoms with van der Waals surface area (Å²) in [4.78, 5) is 16.4. The molecule has 7 heteroatoms. The number of aromatic nitrogens is 1. The Labute approximate surface area is 134 Å². The summed E-state index contributed by atoms with van der Waals surface area (Å²) < 4.78 is 6.07. The first kappa shape index (κ1) is 14.3. The first-order chi connectivity index (χ1) is 10.7. The number of carbonyl (C=O) groups is 1. The monoisotopic (exact) mass is 329 g/mol. The summed E-state index contributed by atoms with van der Waals surface area (Å²) >= 11 is 6.99. The number of nitrogens with one attached hydrogen (secondary N) is 1. The van der Waals surface area contributed by atoms with Crippen LogP contribution in [0.4, 0.5) is 5.13 Å². The molecule has 0 saturated heterocycles. The molecule has 3 rings (SSSR count). The van der Waals surface area contributed by atoms with Gasteiger partial charge < -0.3 is 4.42 Å². The number of hydrogen-bond donors (Lipinski definition) is 1. The van der Waals surface area contributed by atoms with Gasteiger partial charge in [0.05, 0.1) is 10.2 Å². The summed E-state index contributed by atoms with van der Waals surface area (Å²) in [5.41, 5.74) is 0.702. The Morgan fingerprint density at radius 1 is 1.36 bits per heavy atom. The molecule has 0 spiro atoms. The average Bonchev–Trinajstić information content (AvgIpc) is 3.09. The number of anilines is 1. The van der Waals surface area contributed by atoms with Crippen LogP contribution >= 0.6 is 22.9 Å². The summed E-state index contributed by atoms with van der Waals surface area (Å²) in [6.07, 6.45) is 1.33. The van der Waals surface area contributed by atoms with Crippen molar-refractivity contribution >= 4 is 50.3 Å². The van der Waals surface area contributed by atoms with Crippen molar-refractivity contribution in [1.29, 1.82) is 5.26 Å². The number of benzene rings is 1. The van der Waals surface area contributed by atoms with Gasteiger partial charge in [-0.1, -0.05) is 23.5 Å². The number of halogens is 1. The van der Waals surface area contributed by atoms with Gasteiger partial charge in [-0.05, 0) is 35.9 Å². The van der Waals surface area contributed by atoms with Crippen molar-refractivity contribution in [3.63, 3.8) is 0 Å². The Morgan fingerprint density at radius 3 is 2.86 bits per heavy atom. The van der Waals surface area contributed by atoms with Crippen LogP contribution in [0, 0.1) is 11.3 Å². The molecule has 0 aliphatic heterocycles. The largest absolute Gasteiger partial charge is 0.445 e. The first-order valence-corrected chi connectivity index (χ1v) is 7.39. The molecule has 108 valence electrons. The topological polar surface area (TPSA) is 78.9 Å². The van der Waals surface area contributed by atoms with Crippen LogP contribution in [-0.4, -0.2) is 10.9 Å². The molecule has 0 aliphatic rings. The maximum atomic E-state index is 12.1. The maximum Gasteiger partial charge on any atom is 0.268 e. The highest BCUT2D eigenvalue weighted by molar-refractivity contribution is 7.22. The van der Waals surface area contributed by atoms with E-state index in [-0.39, 0.29) is 10.8 Å². The molecule has 22 heavy (non-hydrogen) atoms. The minimum absolute atomic E-state index is 0.0923. The molecule has 0 aliphatic carbocycles. The molecule has 0 bridgehead atoms. The Balaban J connectivity index is 1.83. The van der Waals surface area contributed by atoms with Gasteiger partial charge in [-0.3, -0.25) is 10.1 Å². The number of rotatable bonds is 3. The van der Waals surface area contributed by atoms with E-state index in [0.717, 1.165) is 10.2 Å². The molecule has 1 amide bonds. The maximum absolute atomic E-state index is 12.1. The van der Waals surface area contributed by atoms with Crippen molar-refractivity contribution in [3.05, 3.63) is 53.0 Å². The highest BCUT2D eigenvalue weighted by Gasteiger charge is 2.13. The third kappa shape index (κ3) is 3.01. The van der Waals surface area contributed by atoms with Crippen molar-refractivity contribution in [1.82, 2.24) is 4.98 Å². The second-order valence-corrected chi connectivity index (χ2v) is 5.66. The van der Waals surface area contributed by atoms with Gasteiger partial charge in [0.2, 0.25) is 0 Å². The number of thiazole rings is 1. The molecule has 2 heterocycles. The van der Waals surface area contributed by atoms with Crippen molar-refractivity contribution in [2.45, 2.75) is 0 Å². The van der Waals surface area contributed by atoms with Gasteiger partial charge in [0.1, 0.15) is 17.4 Å². The Hall–Kier alpha value is -2.62. The van der Waals surface area contributed by atoms with Gasteiger partial charge in [-0.25, -0.2) is 4.98 Å². The molecule has 0 fully saturated rings. The van der Waals surface area contributed by atoms with Crippen molar-refractivity contribution in [2.24, 2.45) is 0 Å². The summed E-state index contributed by atoms with van der Waals surface area (Å²) in [6.45, 7) is 0. The van der Waals surface area contributed by atoms with E-state index in [1.54, 1.807) is 6.07 Å². The van der Waals surface area contributed by atoms with E-state index >= 15 is 0 Å². The third-order valence-corrected chi connectivity index (χ3v) is 3.91. The Bertz CT molecular complexity index is 887. The minimum Gasteiger partial charge on any atom is -0.445 e. The summed E-state index contributed by atoms with van der Waals surface area (Å²) in [7, 11) is 0. The number of nitrogens with zero attached hydrogens (tertiary/aromatic N) is 2. The van der Waals surface area contributed by atoms with Crippen LogP contribution in [0.15, 0.2) is 46.4 Å². The molecule has 0 unspecified atom stereocenters. The van der Waals surface area contributed by atoms with Crippen molar-refractivity contribution in [2.75, 3.05) is 5.32 Å². The van der Waals surface area contributed by atoms with Crippen LogP contribution in [0.2, 0.25) is 5.22 Å². The number of furan rings is 1. The van der Waals surface area contributed by atoms with E-state index in [1.807, 2.05) is 30.3 Å². The Morgan fingerprint density at radius 2 is 2.18 bits per heavy atom. The van der Waals surface area contributed by atoms with E-state index in [2.05, 4.69) is 10.3 Å². The molecular weight excluding hydrogens is 322 g/mol. The van der Waals surface area contributed by atoms with Crippen LogP contribution in [0.25, 0.3) is 16.3 Å². The zero-order chi connectivity index (χ0) is 15.5. The van der Waals surface area contributed by atoms with Gasteiger partial charge >= 0.3 is 0 Å². The van der Waals surface area contributed by atoms with Crippen LogP contribution in [0.1, 0.15) is 5.76 Å². The number of carbonyl (C=O) groups excluding carboxylic acids is 1. The fourth-order valence-electron chi connectivity index (χ4n) is 1.79. The van der Waals surface area contributed by atoms with Crippen LogP contribution in [0.3, 0.4) is 0 Å². The fourth-order valence-corrected chi connectivity index (χ4v) is 2.80. The number of fused-ring (bicyclic) bond motifs is 1. The van der Waals surface area contributed by atoms with Crippen molar-refractivity contribution in [3.8, 4) is 6.07 Å². The van der Waals surface area contributed by atoms with E-state index in [4.69, 9.17) is 21.3 Å². The number of para-hydroxylation sites is 1. The van der Waals surface area contributed by atoms with Crippen LogP contribution in [0.5, 0.6) is 0 Å². The first-order valence-electron chi connectivity index (χ1n) is 6.20. The normalized spacial score (nSPS) is 11.4. The zero-order valence-electron chi connectivity index (χ0n) is 11.0. The second-order valence-electron chi connectivity index (χ2n) is 4.25. The van der Waals surface area contributed by atoms with Gasteiger partial charge in [0.15, 0.2) is 10.4 Å². The van der Waals surface area contributed by atoms with E-state index in [1.165, 1.54) is 23.5 Å². The zero-order valence-corrected chi connectivity index (χ0v) is 12.6. The lowest BCUT2D eigenvalue weighted by Gasteiger charge is -1.98. The van der Waals surface area contributed by atoms with Gasteiger partial charge in [0.25, 0.3) is 5.91 Å². The quantitative estimate of drug-likeness (QED) is 0.580. The second kappa shape index (κ2) is 6.02. The molecule has 5 nitrogen and oxygen atoms in total. The van der Waals surface area contributed by atoms with Gasteiger partial charge in [-0.2, -0.15) is 5.26 Å². The SMILES string of the molecule is N#CC(=Cc1ccc(Cl)o1)C(=O)Nc1nc2ccccc2s1. The molecule has 0 saturated carbocycles. The van der Waals surface area contributed by atoms with Crippen molar-refractivity contribution < 1.29 is 9.21 Å².